The number of amides is 1. The van der Waals surface area contributed by atoms with E-state index in [-0.39, 0.29) is 11.9 Å². The summed E-state index contributed by atoms with van der Waals surface area (Å²) in [6, 6.07) is 3.59. The molecule has 1 aromatic heterocycles. The number of carbonyl (C=O) groups excluding carboxylic acids is 1. The lowest BCUT2D eigenvalue weighted by atomic mass is 10.0. The van der Waals surface area contributed by atoms with Crippen molar-refractivity contribution in [2.75, 3.05) is 0 Å². The number of allylic oxidation sites excluding steroid dienone is 1. The molecular formula is C13H15ClN2O. The van der Waals surface area contributed by atoms with E-state index in [9.17, 15) is 4.79 Å². The van der Waals surface area contributed by atoms with E-state index in [0.29, 0.717) is 10.7 Å². The van der Waals surface area contributed by atoms with Crippen LogP contribution in [0, 0.1) is 6.92 Å². The number of nitrogens with one attached hydrogen (secondary N) is 1. The summed E-state index contributed by atoms with van der Waals surface area (Å²) in [5.74, 6) is -0.0716. The van der Waals surface area contributed by atoms with Gasteiger partial charge in [0.15, 0.2) is 0 Å². The van der Waals surface area contributed by atoms with Gasteiger partial charge >= 0.3 is 0 Å². The summed E-state index contributed by atoms with van der Waals surface area (Å²) in [5, 5.41) is 3.37. The van der Waals surface area contributed by atoms with E-state index in [1.807, 2.05) is 6.92 Å². The van der Waals surface area contributed by atoms with Crippen molar-refractivity contribution in [3.63, 3.8) is 0 Å². The van der Waals surface area contributed by atoms with E-state index < -0.39 is 0 Å². The van der Waals surface area contributed by atoms with E-state index in [4.69, 9.17) is 11.6 Å². The van der Waals surface area contributed by atoms with E-state index in [0.717, 1.165) is 25.0 Å². The van der Waals surface area contributed by atoms with Crippen LogP contribution in [0.4, 0.5) is 0 Å². The van der Waals surface area contributed by atoms with Gasteiger partial charge in [-0.2, -0.15) is 0 Å². The average molecular weight is 251 g/mol. The van der Waals surface area contributed by atoms with Gasteiger partial charge in [0.25, 0.3) is 5.91 Å². The molecule has 0 radical (unpaired) electrons. The second kappa shape index (κ2) is 5.32. The zero-order valence-corrected chi connectivity index (χ0v) is 10.5. The van der Waals surface area contributed by atoms with Crippen molar-refractivity contribution in [1.29, 1.82) is 0 Å². The quantitative estimate of drug-likeness (QED) is 0.648. The van der Waals surface area contributed by atoms with Gasteiger partial charge < -0.3 is 5.32 Å². The van der Waals surface area contributed by atoms with Gasteiger partial charge in [-0.25, -0.2) is 4.98 Å². The highest BCUT2D eigenvalue weighted by atomic mass is 35.5. The van der Waals surface area contributed by atoms with E-state index in [1.165, 1.54) is 0 Å². The van der Waals surface area contributed by atoms with Crippen molar-refractivity contribution >= 4 is 17.5 Å². The first-order valence-corrected chi connectivity index (χ1v) is 6.13. The molecule has 0 bridgehead atoms. The molecule has 1 aliphatic rings. The zero-order valence-electron chi connectivity index (χ0n) is 9.74. The summed E-state index contributed by atoms with van der Waals surface area (Å²) in [6.07, 6.45) is 7.19. The van der Waals surface area contributed by atoms with Crippen molar-refractivity contribution in [2.24, 2.45) is 0 Å². The first-order chi connectivity index (χ1) is 8.15. The third kappa shape index (κ3) is 3.30. The van der Waals surface area contributed by atoms with Gasteiger partial charge in [-0.05, 0) is 38.3 Å². The summed E-state index contributed by atoms with van der Waals surface area (Å²) in [4.78, 5) is 16.0. The molecule has 1 atom stereocenters. The number of hydrogen-bond acceptors (Lipinski definition) is 2. The van der Waals surface area contributed by atoms with Gasteiger partial charge in [-0.3, -0.25) is 4.79 Å². The molecule has 1 unspecified atom stereocenters. The molecule has 0 saturated heterocycles. The molecule has 1 amide bonds. The van der Waals surface area contributed by atoms with Crippen molar-refractivity contribution < 1.29 is 4.79 Å². The zero-order chi connectivity index (χ0) is 12.3. The summed E-state index contributed by atoms with van der Waals surface area (Å²) >= 11 is 5.83. The molecule has 0 spiro atoms. The Morgan fingerprint density at radius 3 is 2.94 bits per heavy atom. The Kier molecular flexibility index (Phi) is 3.79. The maximum absolute atomic E-state index is 12.0. The molecule has 17 heavy (non-hydrogen) atoms. The summed E-state index contributed by atoms with van der Waals surface area (Å²) in [5.41, 5.74) is 1.34. The SMILES string of the molecule is Cc1cc(C(=O)NC2CC=CCC2)cc(Cl)n1. The first-order valence-electron chi connectivity index (χ1n) is 5.75. The number of aryl methyl sites for hydroxylation is 1. The molecule has 1 N–H and O–H groups in total. The number of nitrogens with zero attached hydrogens (tertiary/aromatic N) is 1. The van der Waals surface area contributed by atoms with E-state index in [1.54, 1.807) is 12.1 Å². The van der Waals surface area contributed by atoms with Crippen molar-refractivity contribution in [3.8, 4) is 0 Å². The Bertz CT molecular complexity index is 436. The number of pyridine rings is 1. The molecule has 1 heterocycles. The standard InChI is InChI=1S/C13H15ClN2O/c1-9-7-10(8-12(14)15-9)13(17)16-11-5-3-2-4-6-11/h2-3,7-8,11H,4-6H2,1H3,(H,16,17). The van der Waals surface area contributed by atoms with Gasteiger partial charge in [-0.15, -0.1) is 0 Å². The Balaban J connectivity index is 2.06. The highest BCUT2D eigenvalue weighted by Crippen LogP contribution is 2.13. The Labute approximate surface area is 106 Å². The monoisotopic (exact) mass is 250 g/mol. The molecule has 0 aromatic carbocycles. The minimum absolute atomic E-state index is 0.0716. The van der Waals surface area contributed by atoms with Crippen LogP contribution in [0.25, 0.3) is 0 Å². The second-order valence-corrected chi connectivity index (χ2v) is 4.66. The summed E-state index contributed by atoms with van der Waals surface area (Å²) in [7, 11) is 0. The predicted molar refractivity (Wildman–Crippen MR) is 68.2 cm³/mol. The number of hydrogen-bond donors (Lipinski definition) is 1. The lowest BCUT2D eigenvalue weighted by Gasteiger charge is -2.19. The predicted octanol–water partition coefficient (Wildman–Crippen LogP) is 2.88. The molecule has 3 nitrogen and oxygen atoms in total. The number of halogens is 1. The third-order valence-electron chi connectivity index (χ3n) is 2.79. The molecule has 1 aromatic rings. The van der Waals surface area contributed by atoms with Crippen LogP contribution in [0.3, 0.4) is 0 Å². The number of carbonyl (C=O) groups is 1. The minimum atomic E-state index is -0.0716. The Morgan fingerprint density at radius 1 is 1.47 bits per heavy atom. The number of rotatable bonds is 2. The van der Waals surface area contributed by atoms with Crippen LogP contribution < -0.4 is 5.32 Å². The van der Waals surface area contributed by atoms with Gasteiger partial charge in [0.1, 0.15) is 5.15 Å². The molecule has 4 heteroatoms. The normalized spacial score (nSPS) is 19.1. The molecule has 0 saturated carbocycles. The Morgan fingerprint density at radius 2 is 2.29 bits per heavy atom. The van der Waals surface area contributed by atoms with Crippen molar-refractivity contribution in [3.05, 3.63) is 40.7 Å². The first kappa shape index (κ1) is 12.1. The summed E-state index contributed by atoms with van der Waals surface area (Å²) in [6.45, 7) is 1.83. The largest absolute Gasteiger partial charge is 0.349 e. The highest BCUT2D eigenvalue weighted by molar-refractivity contribution is 6.29. The molecule has 1 aliphatic carbocycles. The fraction of sp³-hybridized carbons (Fsp3) is 0.385. The fourth-order valence-electron chi connectivity index (χ4n) is 1.95. The smallest absolute Gasteiger partial charge is 0.251 e. The topological polar surface area (TPSA) is 42.0 Å². The lowest BCUT2D eigenvalue weighted by Crippen LogP contribution is -2.35. The van der Waals surface area contributed by atoms with Gasteiger partial charge in [0.05, 0.1) is 0 Å². The average Bonchev–Trinajstić information content (AvgIpc) is 2.29. The van der Waals surface area contributed by atoms with Crippen LogP contribution >= 0.6 is 11.6 Å². The second-order valence-electron chi connectivity index (χ2n) is 4.27. The van der Waals surface area contributed by atoms with E-state index in [2.05, 4.69) is 22.5 Å². The lowest BCUT2D eigenvalue weighted by molar-refractivity contribution is 0.0934. The van der Waals surface area contributed by atoms with Crippen molar-refractivity contribution in [1.82, 2.24) is 10.3 Å². The maximum atomic E-state index is 12.0. The summed E-state index contributed by atoms with van der Waals surface area (Å²) < 4.78 is 0. The molecule has 0 aliphatic heterocycles. The number of aromatic nitrogens is 1. The highest BCUT2D eigenvalue weighted by Gasteiger charge is 2.14. The fourth-order valence-corrected chi connectivity index (χ4v) is 2.20. The van der Waals surface area contributed by atoms with Crippen LogP contribution in [0.5, 0.6) is 0 Å². The molecular weight excluding hydrogens is 236 g/mol. The minimum Gasteiger partial charge on any atom is -0.349 e. The third-order valence-corrected chi connectivity index (χ3v) is 2.98. The van der Waals surface area contributed by atoms with Crippen LogP contribution in [-0.2, 0) is 0 Å². The van der Waals surface area contributed by atoms with Gasteiger partial charge in [0, 0.05) is 17.3 Å². The van der Waals surface area contributed by atoms with Crippen molar-refractivity contribution in [2.45, 2.75) is 32.2 Å². The molecule has 90 valence electrons. The molecule has 0 fully saturated rings. The van der Waals surface area contributed by atoms with Crippen LogP contribution in [0.2, 0.25) is 5.15 Å². The van der Waals surface area contributed by atoms with Crippen LogP contribution in [0.1, 0.15) is 35.3 Å². The van der Waals surface area contributed by atoms with Gasteiger partial charge in [0.2, 0.25) is 0 Å². The van der Waals surface area contributed by atoms with E-state index >= 15 is 0 Å². The van der Waals surface area contributed by atoms with Gasteiger partial charge in [-0.1, -0.05) is 23.8 Å². The Hall–Kier alpha value is -1.35. The van der Waals surface area contributed by atoms with Crippen LogP contribution in [-0.4, -0.2) is 16.9 Å². The molecule has 2 rings (SSSR count). The van der Waals surface area contributed by atoms with Crippen LogP contribution in [0.15, 0.2) is 24.3 Å². The maximum Gasteiger partial charge on any atom is 0.251 e.